The van der Waals surface area contributed by atoms with Crippen molar-refractivity contribution in [2.45, 2.75) is 50.6 Å². The summed E-state index contributed by atoms with van der Waals surface area (Å²) in [5.74, 6) is 1.19. The van der Waals surface area contributed by atoms with Gasteiger partial charge < -0.3 is 14.0 Å². The number of benzene rings is 1. The quantitative estimate of drug-likeness (QED) is 0.528. The number of rotatable bonds is 6. The number of anilines is 1. The van der Waals surface area contributed by atoms with Gasteiger partial charge in [0.1, 0.15) is 0 Å². The molecule has 2 aliphatic heterocycles. The van der Waals surface area contributed by atoms with Gasteiger partial charge in [0.2, 0.25) is 11.8 Å². The van der Waals surface area contributed by atoms with Crippen LogP contribution >= 0.6 is 0 Å². The first-order chi connectivity index (χ1) is 16.3. The molecular weight excluding hydrogens is 456 g/mol. The number of nitrogens with zero attached hydrogens (tertiary/aromatic N) is 6. The van der Waals surface area contributed by atoms with Gasteiger partial charge in [-0.25, -0.2) is 13.4 Å². The van der Waals surface area contributed by atoms with E-state index in [0.717, 1.165) is 24.1 Å². The maximum Gasteiger partial charge on any atom is 0.262 e. The van der Waals surface area contributed by atoms with Gasteiger partial charge in [-0.2, -0.15) is 9.29 Å². The maximum atomic E-state index is 12.9. The molecule has 11 heteroatoms. The molecule has 0 unspecified atom stereocenters. The standard InChI is InChI=1S/C23H28N6O4S/c1-16-3-5-19(6-4-16)29-12-18(11-22(29)30)23-25-20(26-33-23)13-27-14-21(24-15-27)34(31,32)28-9-7-17(2)8-10-28/h3-6,14-15,17-18H,7-13H2,1-2H3/t18-/m0/s1. The molecule has 3 aromatic rings. The monoisotopic (exact) mass is 484 g/mol. The summed E-state index contributed by atoms with van der Waals surface area (Å²) in [6.07, 6.45) is 4.99. The molecule has 0 aliphatic carbocycles. The average molecular weight is 485 g/mol. The summed E-state index contributed by atoms with van der Waals surface area (Å²) in [6.45, 7) is 5.88. The van der Waals surface area contributed by atoms with Crippen LogP contribution in [0.5, 0.6) is 0 Å². The lowest BCUT2D eigenvalue weighted by Crippen LogP contribution is -2.38. The van der Waals surface area contributed by atoms with Crippen molar-refractivity contribution in [3.8, 4) is 0 Å². The molecule has 0 radical (unpaired) electrons. The van der Waals surface area contributed by atoms with Gasteiger partial charge in [-0.05, 0) is 37.8 Å². The Balaban J connectivity index is 1.24. The van der Waals surface area contributed by atoms with Crippen LogP contribution in [0.3, 0.4) is 0 Å². The second-order valence-electron chi connectivity index (χ2n) is 9.26. The van der Waals surface area contributed by atoms with Crippen molar-refractivity contribution < 1.29 is 17.7 Å². The van der Waals surface area contributed by atoms with Crippen LogP contribution in [0.1, 0.15) is 49.4 Å². The lowest BCUT2D eigenvalue weighted by Gasteiger charge is -2.28. The largest absolute Gasteiger partial charge is 0.339 e. The molecule has 180 valence electrons. The SMILES string of the molecule is Cc1ccc(N2C[C@@H](c3nc(Cn4cnc(S(=O)(=O)N5CCC(C)CC5)c4)no3)CC2=O)cc1. The third-order valence-electron chi connectivity index (χ3n) is 6.58. The van der Waals surface area contributed by atoms with E-state index in [4.69, 9.17) is 4.52 Å². The first kappa shape index (κ1) is 22.7. The highest BCUT2D eigenvalue weighted by atomic mass is 32.2. The minimum atomic E-state index is -3.61. The van der Waals surface area contributed by atoms with Gasteiger partial charge >= 0.3 is 0 Å². The second-order valence-corrected chi connectivity index (χ2v) is 11.1. The van der Waals surface area contributed by atoms with Gasteiger partial charge in [0.15, 0.2) is 10.9 Å². The van der Waals surface area contributed by atoms with Gasteiger partial charge in [0.25, 0.3) is 10.0 Å². The fourth-order valence-corrected chi connectivity index (χ4v) is 5.83. The predicted molar refractivity (Wildman–Crippen MR) is 124 cm³/mol. The number of imidazole rings is 1. The Morgan fingerprint density at radius 3 is 2.62 bits per heavy atom. The van der Waals surface area contributed by atoms with Crippen LogP contribution < -0.4 is 4.90 Å². The number of hydrogen-bond acceptors (Lipinski definition) is 7. The number of aromatic nitrogens is 4. The van der Waals surface area contributed by atoms with Crippen molar-refractivity contribution >= 4 is 21.6 Å². The summed E-state index contributed by atoms with van der Waals surface area (Å²) in [4.78, 5) is 22.9. The molecule has 0 saturated carbocycles. The van der Waals surface area contributed by atoms with Gasteiger partial charge in [0.05, 0.1) is 18.8 Å². The molecule has 1 amide bonds. The Hall–Kier alpha value is -3.05. The average Bonchev–Trinajstić information content (AvgIpc) is 3.55. The number of piperidine rings is 1. The number of amides is 1. The smallest absolute Gasteiger partial charge is 0.262 e. The van der Waals surface area contributed by atoms with Crippen LogP contribution in [0.15, 0.2) is 46.3 Å². The maximum absolute atomic E-state index is 12.9. The first-order valence-corrected chi connectivity index (χ1v) is 12.9. The Labute approximate surface area is 198 Å². The second kappa shape index (κ2) is 8.95. The highest BCUT2D eigenvalue weighted by Crippen LogP contribution is 2.31. The zero-order valence-corrected chi connectivity index (χ0v) is 20.1. The van der Waals surface area contributed by atoms with E-state index in [1.54, 1.807) is 9.47 Å². The summed E-state index contributed by atoms with van der Waals surface area (Å²) in [6, 6.07) is 7.83. The number of hydrogen-bond donors (Lipinski definition) is 0. The van der Waals surface area contributed by atoms with E-state index in [9.17, 15) is 13.2 Å². The fraction of sp³-hybridized carbons (Fsp3) is 0.478. The molecule has 2 saturated heterocycles. The molecule has 1 aromatic carbocycles. The van der Waals surface area contributed by atoms with E-state index in [1.807, 2.05) is 31.2 Å². The number of carbonyl (C=O) groups is 1. The van der Waals surface area contributed by atoms with Crippen molar-refractivity contribution in [1.29, 1.82) is 0 Å². The molecule has 34 heavy (non-hydrogen) atoms. The van der Waals surface area contributed by atoms with E-state index in [2.05, 4.69) is 22.0 Å². The zero-order valence-electron chi connectivity index (χ0n) is 19.3. The van der Waals surface area contributed by atoms with Crippen LogP contribution in [0.25, 0.3) is 0 Å². The highest BCUT2D eigenvalue weighted by Gasteiger charge is 2.35. The summed E-state index contributed by atoms with van der Waals surface area (Å²) < 4.78 is 34.4. The number of aryl methyl sites for hydroxylation is 1. The van der Waals surface area contributed by atoms with E-state index in [1.165, 1.54) is 16.8 Å². The summed E-state index contributed by atoms with van der Waals surface area (Å²) in [5, 5.41) is 4.06. The normalized spacial score (nSPS) is 20.4. The number of sulfonamides is 1. The molecule has 2 fully saturated rings. The van der Waals surface area contributed by atoms with Crippen molar-refractivity contribution in [1.82, 2.24) is 24.0 Å². The van der Waals surface area contributed by atoms with Crippen molar-refractivity contribution in [2.75, 3.05) is 24.5 Å². The third-order valence-corrected chi connectivity index (χ3v) is 8.37. The van der Waals surface area contributed by atoms with Crippen molar-refractivity contribution in [3.63, 3.8) is 0 Å². The molecule has 2 aliphatic rings. The van der Waals surface area contributed by atoms with Crippen LogP contribution in [0.2, 0.25) is 0 Å². The molecule has 1 atom stereocenters. The lowest BCUT2D eigenvalue weighted by molar-refractivity contribution is -0.117. The van der Waals surface area contributed by atoms with Crippen LogP contribution in [-0.4, -0.2) is 58.0 Å². The van der Waals surface area contributed by atoms with Gasteiger partial charge in [0, 0.05) is 37.9 Å². The molecule has 4 heterocycles. The third kappa shape index (κ3) is 4.49. The molecule has 0 spiro atoms. The Bertz CT molecular complexity index is 1270. The van der Waals surface area contributed by atoms with Gasteiger partial charge in [-0.3, -0.25) is 4.79 Å². The minimum absolute atomic E-state index is 0.0187. The molecule has 10 nitrogen and oxygen atoms in total. The minimum Gasteiger partial charge on any atom is -0.339 e. The lowest BCUT2D eigenvalue weighted by atomic mass is 10.0. The predicted octanol–water partition coefficient (Wildman–Crippen LogP) is 2.56. The summed E-state index contributed by atoms with van der Waals surface area (Å²) >= 11 is 0. The topological polar surface area (TPSA) is 114 Å². The summed E-state index contributed by atoms with van der Waals surface area (Å²) in [5.41, 5.74) is 1.99. The van der Waals surface area contributed by atoms with Gasteiger partial charge in [-0.1, -0.05) is 29.8 Å². The molecule has 0 N–H and O–H groups in total. The van der Waals surface area contributed by atoms with Crippen molar-refractivity contribution in [2.24, 2.45) is 5.92 Å². The summed E-state index contributed by atoms with van der Waals surface area (Å²) in [7, 11) is -3.61. The van der Waals surface area contributed by atoms with E-state index in [0.29, 0.717) is 43.7 Å². The molecular formula is C23H28N6O4S. The van der Waals surface area contributed by atoms with E-state index < -0.39 is 10.0 Å². The van der Waals surface area contributed by atoms with Crippen LogP contribution in [0.4, 0.5) is 5.69 Å². The first-order valence-electron chi connectivity index (χ1n) is 11.5. The van der Waals surface area contributed by atoms with E-state index in [-0.39, 0.29) is 23.4 Å². The van der Waals surface area contributed by atoms with Crippen LogP contribution in [-0.2, 0) is 21.4 Å². The Morgan fingerprint density at radius 2 is 1.88 bits per heavy atom. The van der Waals surface area contributed by atoms with E-state index >= 15 is 0 Å². The van der Waals surface area contributed by atoms with Crippen molar-refractivity contribution in [3.05, 3.63) is 54.1 Å². The molecule has 5 rings (SSSR count). The Kier molecular flexibility index (Phi) is 5.98. The zero-order chi connectivity index (χ0) is 23.9. The van der Waals surface area contributed by atoms with Crippen LogP contribution in [0, 0.1) is 12.8 Å². The number of carbonyl (C=O) groups excluding carboxylic acids is 1. The highest BCUT2D eigenvalue weighted by molar-refractivity contribution is 7.89. The Morgan fingerprint density at radius 1 is 1.15 bits per heavy atom. The fourth-order valence-electron chi connectivity index (χ4n) is 4.42. The molecule has 2 aromatic heterocycles. The van der Waals surface area contributed by atoms with Gasteiger partial charge in [-0.15, -0.1) is 0 Å². The molecule has 0 bridgehead atoms.